The fourth-order valence-corrected chi connectivity index (χ4v) is 1.92. The molecule has 5 nitrogen and oxygen atoms in total. The Labute approximate surface area is 130 Å². The first-order valence-corrected chi connectivity index (χ1v) is 6.52. The summed E-state index contributed by atoms with van der Waals surface area (Å²) in [7, 11) is 0. The molecule has 21 heavy (non-hydrogen) atoms. The van der Waals surface area contributed by atoms with E-state index in [0.717, 1.165) is 11.6 Å². The molecule has 0 aliphatic heterocycles. The number of nitrogens with zero attached hydrogens (tertiary/aromatic N) is 2. The van der Waals surface area contributed by atoms with Gasteiger partial charge in [-0.2, -0.15) is 5.26 Å². The highest BCUT2D eigenvalue weighted by Crippen LogP contribution is 2.36. The second-order valence-electron chi connectivity index (χ2n) is 4.09. The summed E-state index contributed by atoms with van der Waals surface area (Å²) in [5.74, 6) is 0.0405. The van der Waals surface area contributed by atoms with Gasteiger partial charge in [-0.25, -0.2) is 0 Å². The lowest BCUT2D eigenvalue weighted by atomic mass is 10.1. The molecular weight excluding hydrogens is 315 g/mol. The highest BCUT2D eigenvalue weighted by atomic mass is 35.5. The maximum absolute atomic E-state index is 11.0. The molecule has 0 N–H and O–H groups in total. The monoisotopic (exact) mass is 322 g/mol. The predicted octanol–water partition coefficient (Wildman–Crippen LogP) is 4.35. The summed E-state index contributed by atoms with van der Waals surface area (Å²) in [6.07, 6.45) is 0. The molecule has 0 atom stereocenters. The van der Waals surface area contributed by atoms with Crippen LogP contribution >= 0.6 is 23.2 Å². The summed E-state index contributed by atoms with van der Waals surface area (Å²) >= 11 is 11.6. The predicted molar refractivity (Wildman–Crippen MR) is 78.6 cm³/mol. The lowest BCUT2D eigenvalue weighted by molar-refractivity contribution is -0.385. The van der Waals surface area contributed by atoms with Gasteiger partial charge in [0.15, 0.2) is 5.75 Å². The van der Waals surface area contributed by atoms with Gasteiger partial charge in [-0.3, -0.25) is 10.1 Å². The smallest absolute Gasteiger partial charge is 0.312 e. The highest BCUT2D eigenvalue weighted by molar-refractivity contribution is 6.42. The number of rotatable bonds is 4. The van der Waals surface area contributed by atoms with Gasteiger partial charge in [0.1, 0.15) is 6.61 Å². The van der Waals surface area contributed by atoms with Gasteiger partial charge in [-0.05, 0) is 17.7 Å². The van der Waals surface area contributed by atoms with E-state index in [2.05, 4.69) is 0 Å². The van der Waals surface area contributed by atoms with E-state index in [1.807, 2.05) is 6.07 Å². The molecule has 0 heterocycles. The van der Waals surface area contributed by atoms with Gasteiger partial charge in [-0.15, -0.1) is 0 Å². The van der Waals surface area contributed by atoms with Crippen LogP contribution in [0.2, 0.25) is 10.0 Å². The average Bonchev–Trinajstić information content (AvgIpc) is 2.48. The van der Waals surface area contributed by atoms with E-state index in [1.54, 1.807) is 24.3 Å². The lowest BCUT2D eigenvalue weighted by Gasteiger charge is -2.08. The van der Waals surface area contributed by atoms with Gasteiger partial charge < -0.3 is 4.74 Å². The van der Waals surface area contributed by atoms with Crippen LogP contribution in [-0.2, 0) is 6.61 Å². The van der Waals surface area contributed by atoms with E-state index in [1.165, 1.54) is 6.07 Å². The van der Waals surface area contributed by atoms with Crippen LogP contribution in [0, 0.1) is 21.4 Å². The molecule has 0 spiro atoms. The van der Waals surface area contributed by atoms with Gasteiger partial charge in [0.05, 0.1) is 26.6 Å². The first-order valence-electron chi connectivity index (χ1n) is 5.76. The molecule has 0 aromatic heterocycles. The largest absolute Gasteiger partial charge is 0.482 e. The Balaban J connectivity index is 2.21. The molecule has 0 unspecified atom stereocenters. The molecule has 2 rings (SSSR count). The topological polar surface area (TPSA) is 76.2 Å². The second kappa shape index (κ2) is 6.44. The van der Waals surface area contributed by atoms with Crippen LogP contribution in [0.3, 0.4) is 0 Å². The number of ether oxygens (including phenoxy) is 1. The first-order chi connectivity index (χ1) is 10.0. The summed E-state index contributed by atoms with van der Waals surface area (Å²) < 4.78 is 5.43. The standard InChI is InChI=1S/C14H8Cl2N2O3/c15-11-5-13(18(19)20)14(6-12(11)16)21-8-10-3-1-9(7-17)2-4-10/h1-6H,8H2. The normalized spacial score (nSPS) is 9.95. The van der Waals surface area contributed by atoms with Gasteiger partial charge in [0.2, 0.25) is 0 Å². The number of hydrogen-bond acceptors (Lipinski definition) is 4. The first kappa shape index (κ1) is 15.1. The third kappa shape index (κ3) is 3.63. The fraction of sp³-hybridized carbons (Fsp3) is 0.0714. The van der Waals surface area contributed by atoms with Crippen molar-refractivity contribution in [3.05, 3.63) is 67.7 Å². The van der Waals surface area contributed by atoms with Gasteiger partial charge in [0, 0.05) is 12.1 Å². The highest BCUT2D eigenvalue weighted by Gasteiger charge is 2.18. The van der Waals surface area contributed by atoms with Crippen LogP contribution in [0.25, 0.3) is 0 Å². The number of nitro benzene ring substituents is 1. The zero-order valence-electron chi connectivity index (χ0n) is 10.5. The Hall–Kier alpha value is -2.29. The average molecular weight is 323 g/mol. The van der Waals surface area contributed by atoms with Crippen molar-refractivity contribution >= 4 is 28.9 Å². The van der Waals surface area contributed by atoms with E-state index in [0.29, 0.717) is 5.56 Å². The molecule has 0 radical (unpaired) electrons. The van der Waals surface area contributed by atoms with Crippen molar-refractivity contribution in [2.75, 3.05) is 0 Å². The summed E-state index contributed by atoms with van der Waals surface area (Å²) in [6.45, 7) is 0.116. The molecule has 0 aliphatic carbocycles. The minimum atomic E-state index is -0.587. The summed E-state index contributed by atoms with van der Waals surface area (Å²) in [6, 6.07) is 11.2. The van der Waals surface area contributed by atoms with Crippen molar-refractivity contribution in [3.63, 3.8) is 0 Å². The Morgan fingerprint density at radius 3 is 2.38 bits per heavy atom. The Morgan fingerprint density at radius 1 is 1.19 bits per heavy atom. The van der Waals surface area contributed by atoms with E-state index in [4.69, 9.17) is 33.2 Å². The molecule has 0 saturated heterocycles. The molecular formula is C14H8Cl2N2O3. The van der Waals surface area contributed by atoms with Gasteiger partial charge in [-0.1, -0.05) is 35.3 Å². The molecule has 0 aliphatic rings. The van der Waals surface area contributed by atoms with Gasteiger partial charge in [0.25, 0.3) is 0 Å². The lowest BCUT2D eigenvalue weighted by Crippen LogP contribution is -1.99. The maximum atomic E-state index is 11.0. The van der Waals surface area contributed by atoms with Crippen molar-refractivity contribution in [1.82, 2.24) is 0 Å². The maximum Gasteiger partial charge on any atom is 0.312 e. The minimum Gasteiger partial charge on any atom is -0.482 e. The van der Waals surface area contributed by atoms with Crippen LogP contribution in [0.1, 0.15) is 11.1 Å². The Bertz CT molecular complexity index is 724. The molecule has 0 bridgehead atoms. The van der Waals surface area contributed by atoms with E-state index in [-0.39, 0.29) is 28.1 Å². The van der Waals surface area contributed by atoms with Crippen molar-refractivity contribution in [3.8, 4) is 11.8 Å². The van der Waals surface area contributed by atoms with Gasteiger partial charge >= 0.3 is 5.69 Å². The van der Waals surface area contributed by atoms with Crippen LogP contribution in [-0.4, -0.2) is 4.92 Å². The molecule has 7 heteroatoms. The van der Waals surface area contributed by atoms with E-state index < -0.39 is 4.92 Å². The van der Waals surface area contributed by atoms with Crippen LogP contribution in [0.4, 0.5) is 5.69 Å². The third-order valence-corrected chi connectivity index (χ3v) is 3.40. The van der Waals surface area contributed by atoms with Crippen molar-refractivity contribution in [1.29, 1.82) is 5.26 Å². The van der Waals surface area contributed by atoms with E-state index in [9.17, 15) is 10.1 Å². The Kier molecular flexibility index (Phi) is 4.63. The SMILES string of the molecule is N#Cc1ccc(COc2cc(Cl)c(Cl)cc2[N+](=O)[O-])cc1. The zero-order chi connectivity index (χ0) is 15.4. The summed E-state index contributed by atoms with van der Waals surface area (Å²) in [5.41, 5.74) is 1.05. The second-order valence-corrected chi connectivity index (χ2v) is 4.90. The summed E-state index contributed by atoms with van der Waals surface area (Å²) in [5, 5.41) is 19.9. The van der Waals surface area contributed by atoms with Crippen molar-refractivity contribution in [2.45, 2.75) is 6.61 Å². The Morgan fingerprint density at radius 2 is 1.81 bits per heavy atom. The summed E-state index contributed by atoms with van der Waals surface area (Å²) in [4.78, 5) is 10.4. The molecule has 2 aromatic carbocycles. The molecule has 2 aromatic rings. The number of hydrogen-bond donors (Lipinski definition) is 0. The number of halogens is 2. The van der Waals surface area contributed by atoms with Crippen LogP contribution < -0.4 is 4.74 Å². The molecule has 0 saturated carbocycles. The molecule has 0 amide bonds. The van der Waals surface area contributed by atoms with Crippen molar-refractivity contribution in [2.24, 2.45) is 0 Å². The number of nitro groups is 1. The molecule has 0 fully saturated rings. The number of nitriles is 1. The minimum absolute atomic E-state index is 0.0405. The van der Waals surface area contributed by atoms with E-state index >= 15 is 0 Å². The molecule has 106 valence electrons. The third-order valence-electron chi connectivity index (χ3n) is 2.68. The number of benzene rings is 2. The van der Waals surface area contributed by atoms with Crippen molar-refractivity contribution < 1.29 is 9.66 Å². The van der Waals surface area contributed by atoms with Crippen LogP contribution in [0.15, 0.2) is 36.4 Å². The quantitative estimate of drug-likeness (QED) is 0.619. The van der Waals surface area contributed by atoms with Crippen LogP contribution in [0.5, 0.6) is 5.75 Å². The fourth-order valence-electron chi connectivity index (χ4n) is 1.61. The zero-order valence-corrected chi connectivity index (χ0v) is 12.1.